The van der Waals surface area contributed by atoms with E-state index in [1.165, 1.54) is 0 Å². The largest absolute Gasteiger partial charge is 0.432 e. The second-order valence-corrected chi connectivity index (χ2v) is 5.33. The van der Waals surface area contributed by atoms with Crippen molar-refractivity contribution in [1.29, 1.82) is 0 Å². The molecule has 0 saturated carbocycles. The topological polar surface area (TPSA) is 84.9 Å². The molecule has 0 aliphatic carbocycles. The van der Waals surface area contributed by atoms with Crippen LogP contribution in [-0.2, 0) is 19.2 Å². The van der Waals surface area contributed by atoms with E-state index in [-0.39, 0.29) is 18.9 Å². The highest BCUT2D eigenvalue weighted by Crippen LogP contribution is 2.13. The molecule has 1 heterocycles. The van der Waals surface area contributed by atoms with Crippen LogP contribution in [0.4, 0.5) is 4.79 Å². The molecule has 3 amide bonds. The first-order valence-corrected chi connectivity index (χ1v) is 6.19. The SMILES string of the molecule is CC(C)OCC(C)(C)NC(=O)ON1C(=O)CCC1=O. The van der Waals surface area contributed by atoms with Gasteiger partial charge >= 0.3 is 6.09 Å². The van der Waals surface area contributed by atoms with Crippen molar-refractivity contribution in [2.75, 3.05) is 6.61 Å². The van der Waals surface area contributed by atoms with Gasteiger partial charge in [-0.15, -0.1) is 5.06 Å². The molecule has 0 spiro atoms. The quantitative estimate of drug-likeness (QED) is 0.754. The Balaban J connectivity index is 2.46. The van der Waals surface area contributed by atoms with E-state index < -0.39 is 23.4 Å². The third-order valence-corrected chi connectivity index (χ3v) is 2.40. The molecule has 1 N–H and O–H groups in total. The Morgan fingerprint density at radius 3 is 2.32 bits per heavy atom. The Labute approximate surface area is 112 Å². The van der Waals surface area contributed by atoms with Crippen molar-refractivity contribution >= 4 is 17.9 Å². The number of carbonyl (C=O) groups excluding carboxylic acids is 3. The van der Waals surface area contributed by atoms with Crippen LogP contribution in [0.2, 0.25) is 0 Å². The number of nitrogens with zero attached hydrogens (tertiary/aromatic N) is 1. The number of amides is 3. The van der Waals surface area contributed by atoms with Gasteiger partial charge < -0.3 is 14.9 Å². The summed E-state index contributed by atoms with van der Waals surface area (Å²) < 4.78 is 5.40. The van der Waals surface area contributed by atoms with Crippen LogP contribution in [0.15, 0.2) is 0 Å². The first-order chi connectivity index (χ1) is 8.71. The third kappa shape index (κ3) is 4.86. The molecule has 1 saturated heterocycles. The molecule has 0 aromatic heterocycles. The van der Waals surface area contributed by atoms with Crippen LogP contribution in [0.1, 0.15) is 40.5 Å². The number of nitrogens with one attached hydrogen (secondary N) is 1. The fourth-order valence-corrected chi connectivity index (χ4v) is 1.45. The maximum Gasteiger partial charge on any atom is 0.432 e. The van der Waals surface area contributed by atoms with Crippen LogP contribution in [0.5, 0.6) is 0 Å². The van der Waals surface area contributed by atoms with Crippen molar-refractivity contribution < 1.29 is 24.0 Å². The molecule has 1 rings (SSSR count). The van der Waals surface area contributed by atoms with E-state index in [9.17, 15) is 14.4 Å². The zero-order valence-corrected chi connectivity index (χ0v) is 11.7. The van der Waals surface area contributed by atoms with Gasteiger partial charge in [0.1, 0.15) is 0 Å². The predicted octanol–water partition coefficient (Wildman–Crippen LogP) is 0.980. The van der Waals surface area contributed by atoms with E-state index in [4.69, 9.17) is 9.57 Å². The molecule has 0 aromatic carbocycles. The number of hydroxylamine groups is 2. The average molecular weight is 272 g/mol. The molecule has 0 atom stereocenters. The minimum atomic E-state index is -0.846. The van der Waals surface area contributed by atoms with Crippen molar-refractivity contribution in [1.82, 2.24) is 10.4 Å². The molecular weight excluding hydrogens is 252 g/mol. The molecule has 1 aliphatic rings. The summed E-state index contributed by atoms with van der Waals surface area (Å²) in [7, 11) is 0. The number of ether oxygens (including phenoxy) is 1. The van der Waals surface area contributed by atoms with E-state index in [0.717, 1.165) is 0 Å². The van der Waals surface area contributed by atoms with Gasteiger partial charge in [-0.2, -0.15) is 0 Å². The van der Waals surface area contributed by atoms with Gasteiger partial charge in [-0.05, 0) is 27.7 Å². The van der Waals surface area contributed by atoms with Gasteiger partial charge in [0, 0.05) is 12.8 Å². The summed E-state index contributed by atoms with van der Waals surface area (Å²) in [5.74, 6) is -1.01. The van der Waals surface area contributed by atoms with Crippen molar-refractivity contribution in [2.24, 2.45) is 0 Å². The first-order valence-electron chi connectivity index (χ1n) is 6.19. The standard InChI is InChI=1S/C12H20N2O5/c1-8(2)18-7-12(3,4)13-11(17)19-14-9(15)5-6-10(14)16/h8H,5-7H2,1-4H3,(H,13,17). The van der Waals surface area contributed by atoms with Gasteiger partial charge in [-0.3, -0.25) is 9.59 Å². The number of imide groups is 1. The molecule has 7 heteroatoms. The van der Waals surface area contributed by atoms with Crippen LogP contribution in [-0.4, -0.2) is 41.2 Å². The normalized spacial score (nSPS) is 16.2. The number of carbonyl (C=O) groups is 3. The molecule has 0 radical (unpaired) electrons. The molecule has 0 unspecified atom stereocenters. The Kier molecular flexibility index (Phi) is 4.88. The molecule has 0 aromatic rings. The number of hydrogen-bond donors (Lipinski definition) is 1. The number of hydrogen-bond acceptors (Lipinski definition) is 5. The first kappa shape index (κ1) is 15.4. The molecule has 1 fully saturated rings. The maximum absolute atomic E-state index is 11.6. The minimum absolute atomic E-state index is 0.0406. The predicted molar refractivity (Wildman–Crippen MR) is 65.9 cm³/mol. The third-order valence-electron chi connectivity index (χ3n) is 2.40. The summed E-state index contributed by atoms with van der Waals surface area (Å²) in [5, 5.41) is 3.06. The zero-order chi connectivity index (χ0) is 14.6. The van der Waals surface area contributed by atoms with Crippen LogP contribution < -0.4 is 5.32 Å². The highest BCUT2D eigenvalue weighted by Gasteiger charge is 2.34. The minimum Gasteiger partial charge on any atom is -0.376 e. The molecule has 108 valence electrons. The lowest BCUT2D eigenvalue weighted by molar-refractivity contribution is -0.172. The van der Waals surface area contributed by atoms with E-state index in [1.54, 1.807) is 13.8 Å². The van der Waals surface area contributed by atoms with Crippen molar-refractivity contribution in [3.8, 4) is 0 Å². The van der Waals surface area contributed by atoms with Gasteiger partial charge in [0.15, 0.2) is 0 Å². The van der Waals surface area contributed by atoms with Gasteiger partial charge in [-0.25, -0.2) is 4.79 Å². The zero-order valence-electron chi connectivity index (χ0n) is 11.7. The lowest BCUT2D eigenvalue weighted by atomic mass is 10.1. The summed E-state index contributed by atoms with van der Waals surface area (Å²) in [5.41, 5.74) is -0.660. The highest BCUT2D eigenvalue weighted by molar-refractivity contribution is 6.01. The van der Waals surface area contributed by atoms with Crippen LogP contribution in [0, 0.1) is 0 Å². The lowest BCUT2D eigenvalue weighted by Gasteiger charge is -2.27. The van der Waals surface area contributed by atoms with Crippen LogP contribution >= 0.6 is 0 Å². The van der Waals surface area contributed by atoms with Crippen molar-refractivity contribution in [3.63, 3.8) is 0 Å². The van der Waals surface area contributed by atoms with E-state index in [1.807, 2.05) is 13.8 Å². The van der Waals surface area contributed by atoms with Crippen LogP contribution in [0.25, 0.3) is 0 Å². The van der Waals surface area contributed by atoms with Gasteiger partial charge in [0.25, 0.3) is 11.8 Å². The molecule has 1 aliphatic heterocycles. The molecule has 7 nitrogen and oxygen atoms in total. The van der Waals surface area contributed by atoms with E-state index >= 15 is 0 Å². The molecule has 19 heavy (non-hydrogen) atoms. The smallest absolute Gasteiger partial charge is 0.376 e. The van der Waals surface area contributed by atoms with Gasteiger partial charge in [0.2, 0.25) is 0 Å². The maximum atomic E-state index is 11.6. The van der Waals surface area contributed by atoms with Crippen LogP contribution in [0.3, 0.4) is 0 Å². The lowest BCUT2D eigenvalue weighted by Crippen LogP contribution is -2.49. The van der Waals surface area contributed by atoms with Crippen molar-refractivity contribution in [2.45, 2.75) is 52.2 Å². The Morgan fingerprint density at radius 1 is 1.32 bits per heavy atom. The Morgan fingerprint density at radius 2 is 1.84 bits per heavy atom. The Bertz CT molecular complexity index is 362. The summed E-state index contributed by atoms with van der Waals surface area (Å²) in [6.07, 6.45) is -0.655. The molecular formula is C12H20N2O5. The van der Waals surface area contributed by atoms with Crippen molar-refractivity contribution in [3.05, 3.63) is 0 Å². The van der Waals surface area contributed by atoms with E-state index in [0.29, 0.717) is 11.7 Å². The highest BCUT2D eigenvalue weighted by atomic mass is 16.7. The fourth-order valence-electron chi connectivity index (χ4n) is 1.45. The van der Waals surface area contributed by atoms with Gasteiger partial charge in [0.05, 0.1) is 18.2 Å². The number of rotatable bonds is 5. The summed E-state index contributed by atoms with van der Waals surface area (Å²) in [4.78, 5) is 38.9. The molecule has 0 bridgehead atoms. The summed E-state index contributed by atoms with van der Waals surface area (Å²) in [6, 6.07) is 0. The fraction of sp³-hybridized carbons (Fsp3) is 0.750. The Hall–Kier alpha value is -1.63. The monoisotopic (exact) mass is 272 g/mol. The summed E-state index contributed by atoms with van der Waals surface area (Å²) >= 11 is 0. The van der Waals surface area contributed by atoms with Gasteiger partial charge in [-0.1, -0.05) is 0 Å². The summed E-state index contributed by atoms with van der Waals surface area (Å²) in [6.45, 7) is 7.57. The second kappa shape index (κ2) is 6.01. The average Bonchev–Trinajstić information content (AvgIpc) is 2.57. The second-order valence-electron chi connectivity index (χ2n) is 5.33. The van der Waals surface area contributed by atoms with E-state index in [2.05, 4.69) is 5.32 Å².